The zero-order valence-corrected chi connectivity index (χ0v) is 11.5. The molecule has 1 unspecified atom stereocenters. The van der Waals surface area contributed by atoms with Crippen molar-refractivity contribution in [3.05, 3.63) is 28.2 Å². The van der Waals surface area contributed by atoms with Crippen molar-refractivity contribution < 1.29 is 0 Å². The zero-order valence-electron chi connectivity index (χ0n) is 9.91. The van der Waals surface area contributed by atoms with Gasteiger partial charge < -0.3 is 10.2 Å². The number of benzene rings is 1. The monoisotopic (exact) mass is 293 g/mol. The molecule has 0 bridgehead atoms. The minimum atomic E-state index is 0.690. The van der Waals surface area contributed by atoms with Crippen molar-refractivity contribution in [3.8, 4) is 6.07 Å². The highest BCUT2D eigenvalue weighted by Gasteiger charge is 2.19. The van der Waals surface area contributed by atoms with Gasteiger partial charge in [0.2, 0.25) is 0 Å². The third-order valence-electron chi connectivity index (χ3n) is 3.17. The Morgan fingerprint density at radius 2 is 2.41 bits per heavy atom. The minimum absolute atomic E-state index is 0.690. The van der Waals surface area contributed by atoms with Crippen molar-refractivity contribution in [1.82, 2.24) is 4.90 Å². The smallest absolute Gasteiger partial charge is 0.101 e. The summed E-state index contributed by atoms with van der Waals surface area (Å²) in [4.78, 5) is 2.35. The first-order chi connectivity index (χ1) is 8.19. The van der Waals surface area contributed by atoms with Gasteiger partial charge in [-0.25, -0.2) is 0 Å². The predicted molar refractivity (Wildman–Crippen MR) is 73.0 cm³/mol. The standard InChI is InChI=1S/C13H16BrN3/c1-17-5-4-10(9-17)8-16-13-3-2-12(14)6-11(13)7-15/h2-3,6,10,16H,4-5,8-9H2,1H3. The second kappa shape index (κ2) is 5.52. The van der Waals surface area contributed by atoms with Crippen LogP contribution in [0.15, 0.2) is 22.7 Å². The molecular weight excluding hydrogens is 278 g/mol. The molecule has 0 saturated carbocycles. The Hall–Kier alpha value is -1.05. The van der Waals surface area contributed by atoms with Gasteiger partial charge in [0.1, 0.15) is 6.07 Å². The highest BCUT2D eigenvalue weighted by Crippen LogP contribution is 2.22. The van der Waals surface area contributed by atoms with Crippen LogP contribution in [0.25, 0.3) is 0 Å². The summed E-state index contributed by atoms with van der Waals surface area (Å²) in [6.45, 7) is 3.27. The Morgan fingerprint density at radius 3 is 3.06 bits per heavy atom. The number of nitrogens with one attached hydrogen (secondary N) is 1. The third kappa shape index (κ3) is 3.21. The van der Waals surface area contributed by atoms with Gasteiger partial charge in [-0.15, -0.1) is 0 Å². The van der Waals surface area contributed by atoms with E-state index in [1.54, 1.807) is 0 Å². The van der Waals surface area contributed by atoms with E-state index in [0.29, 0.717) is 11.5 Å². The van der Waals surface area contributed by atoms with Gasteiger partial charge in [-0.3, -0.25) is 0 Å². The molecule has 3 nitrogen and oxygen atoms in total. The quantitative estimate of drug-likeness (QED) is 0.931. The molecule has 1 atom stereocenters. The first-order valence-corrected chi connectivity index (χ1v) is 6.60. The fourth-order valence-corrected chi connectivity index (χ4v) is 2.57. The largest absolute Gasteiger partial charge is 0.384 e. The summed E-state index contributed by atoms with van der Waals surface area (Å²) >= 11 is 3.38. The van der Waals surface area contributed by atoms with Crippen LogP contribution in [-0.2, 0) is 0 Å². The van der Waals surface area contributed by atoms with Crippen LogP contribution in [0.3, 0.4) is 0 Å². The van der Waals surface area contributed by atoms with E-state index in [9.17, 15) is 0 Å². The van der Waals surface area contributed by atoms with Crippen LogP contribution in [0.4, 0.5) is 5.69 Å². The second-order valence-electron chi connectivity index (χ2n) is 4.60. The number of halogens is 1. The van der Waals surface area contributed by atoms with Gasteiger partial charge in [-0.1, -0.05) is 15.9 Å². The fourth-order valence-electron chi connectivity index (χ4n) is 2.21. The summed E-state index contributed by atoms with van der Waals surface area (Å²) < 4.78 is 0.945. The lowest BCUT2D eigenvalue weighted by molar-refractivity contribution is 0.399. The molecule has 4 heteroatoms. The van der Waals surface area contributed by atoms with Gasteiger partial charge in [-0.05, 0) is 44.1 Å². The Balaban J connectivity index is 1.97. The summed E-state index contributed by atoms with van der Waals surface area (Å²) in [5, 5.41) is 12.4. The molecular formula is C13H16BrN3. The van der Waals surface area contributed by atoms with Gasteiger partial charge >= 0.3 is 0 Å². The number of nitrogens with zero attached hydrogens (tertiary/aromatic N) is 2. The summed E-state index contributed by atoms with van der Waals surface area (Å²) in [7, 11) is 2.15. The summed E-state index contributed by atoms with van der Waals surface area (Å²) in [5.74, 6) is 0.690. The zero-order chi connectivity index (χ0) is 12.3. The number of anilines is 1. The van der Waals surface area contributed by atoms with Crippen LogP contribution < -0.4 is 5.32 Å². The number of likely N-dealkylation sites (tertiary alicyclic amines) is 1. The molecule has 1 saturated heterocycles. The molecule has 1 aromatic rings. The van der Waals surface area contributed by atoms with Crippen LogP contribution >= 0.6 is 15.9 Å². The normalized spacial score (nSPS) is 20.2. The topological polar surface area (TPSA) is 39.1 Å². The second-order valence-corrected chi connectivity index (χ2v) is 5.52. The summed E-state index contributed by atoms with van der Waals surface area (Å²) in [6, 6.07) is 7.99. The molecule has 17 heavy (non-hydrogen) atoms. The SMILES string of the molecule is CN1CCC(CNc2ccc(Br)cc2C#N)C1. The van der Waals surface area contributed by atoms with E-state index >= 15 is 0 Å². The molecule has 1 aromatic carbocycles. The van der Waals surface area contributed by atoms with Crippen LogP contribution in [0.5, 0.6) is 0 Å². The van der Waals surface area contributed by atoms with Gasteiger partial charge in [0, 0.05) is 17.6 Å². The van der Waals surface area contributed by atoms with E-state index in [1.807, 2.05) is 18.2 Å². The number of nitriles is 1. The molecule has 1 aliphatic rings. The Morgan fingerprint density at radius 1 is 1.59 bits per heavy atom. The van der Waals surface area contributed by atoms with Crippen LogP contribution in [0.1, 0.15) is 12.0 Å². The van der Waals surface area contributed by atoms with Gasteiger partial charge in [-0.2, -0.15) is 5.26 Å². The van der Waals surface area contributed by atoms with Gasteiger partial charge in [0.05, 0.1) is 11.3 Å². The fraction of sp³-hybridized carbons (Fsp3) is 0.462. The first-order valence-electron chi connectivity index (χ1n) is 5.81. The maximum Gasteiger partial charge on any atom is 0.101 e. The highest BCUT2D eigenvalue weighted by molar-refractivity contribution is 9.10. The molecule has 0 aliphatic carbocycles. The Kier molecular flexibility index (Phi) is 4.03. The molecule has 1 N–H and O–H groups in total. The molecule has 0 radical (unpaired) electrons. The Labute approximate surface area is 111 Å². The third-order valence-corrected chi connectivity index (χ3v) is 3.67. The molecule has 1 aliphatic heterocycles. The summed E-state index contributed by atoms with van der Waals surface area (Å²) in [5.41, 5.74) is 1.64. The molecule has 1 heterocycles. The number of hydrogen-bond acceptors (Lipinski definition) is 3. The number of hydrogen-bond donors (Lipinski definition) is 1. The molecule has 90 valence electrons. The average Bonchev–Trinajstić information content (AvgIpc) is 2.73. The van der Waals surface area contributed by atoms with Crippen molar-refractivity contribution >= 4 is 21.6 Å². The maximum absolute atomic E-state index is 9.06. The molecule has 2 rings (SSSR count). The van der Waals surface area contributed by atoms with E-state index in [4.69, 9.17) is 5.26 Å². The van der Waals surface area contributed by atoms with Gasteiger partial charge in [0.15, 0.2) is 0 Å². The van der Waals surface area contributed by atoms with E-state index in [1.165, 1.54) is 13.0 Å². The van der Waals surface area contributed by atoms with Gasteiger partial charge in [0.25, 0.3) is 0 Å². The Bertz CT molecular complexity index is 439. The molecule has 0 amide bonds. The molecule has 1 fully saturated rings. The lowest BCUT2D eigenvalue weighted by Gasteiger charge is -2.13. The van der Waals surface area contributed by atoms with E-state index in [0.717, 1.165) is 23.2 Å². The summed E-state index contributed by atoms with van der Waals surface area (Å²) in [6.07, 6.45) is 1.24. The van der Waals surface area contributed by atoms with Crippen LogP contribution in [-0.4, -0.2) is 31.6 Å². The lowest BCUT2D eigenvalue weighted by atomic mass is 10.1. The van der Waals surface area contributed by atoms with E-state index in [2.05, 4.69) is 39.3 Å². The molecule has 0 aromatic heterocycles. The van der Waals surface area contributed by atoms with Crippen molar-refractivity contribution in [2.75, 3.05) is 32.0 Å². The highest BCUT2D eigenvalue weighted by atomic mass is 79.9. The lowest BCUT2D eigenvalue weighted by Crippen LogP contribution is -2.19. The average molecular weight is 294 g/mol. The molecule has 0 spiro atoms. The number of rotatable bonds is 3. The van der Waals surface area contributed by atoms with Crippen LogP contribution in [0.2, 0.25) is 0 Å². The van der Waals surface area contributed by atoms with Crippen molar-refractivity contribution in [2.45, 2.75) is 6.42 Å². The van der Waals surface area contributed by atoms with E-state index in [-0.39, 0.29) is 0 Å². The predicted octanol–water partition coefficient (Wildman–Crippen LogP) is 2.68. The maximum atomic E-state index is 9.06. The first kappa shape index (κ1) is 12.4. The van der Waals surface area contributed by atoms with Crippen molar-refractivity contribution in [3.63, 3.8) is 0 Å². The van der Waals surface area contributed by atoms with E-state index < -0.39 is 0 Å². The minimum Gasteiger partial charge on any atom is -0.384 e. The van der Waals surface area contributed by atoms with Crippen LogP contribution in [0, 0.1) is 17.2 Å². The van der Waals surface area contributed by atoms with Crippen molar-refractivity contribution in [1.29, 1.82) is 5.26 Å². The van der Waals surface area contributed by atoms with Crippen molar-refractivity contribution in [2.24, 2.45) is 5.92 Å².